The van der Waals surface area contributed by atoms with Crippen LogP contribution in [0.4, 0.5) is 5.69 Å². The maximum Gasteiger partial charge on any atom is 0.313 e. The maximum absolute atomic E-state index is 11.7. The Labute approximate surface area is 116 Å². The molecule has 0 saturated heterocycles. The molecule has 2 aromatic rings. The summed E-state index contributed by atoms with van der Waals surface area (Å²) in [7, 11) is 0. The molecule has 106 valence electrons. The van der Waals surface area contributed by atoms with Crippen LogP contribution in [0.1, 0.15) is 13.3 Å². The van der Waals surface area contributed by atoms with E-state index < -0.39 is 17.9 Å². The van der Waals surface area contributed by atoms with Gasteiger partial charge in [-0.3, -0.25) is 9.59 Å². The number of fused-ring (bicyclic) bond motifs is 1. The molecule has 0 aliphatic heterocycles. The topological polar surface area (TPSA) is 94.2 Å². The molecule has 1 atom stereocenters. The molecule has 1 aromatic heterocycles. The average Bonchev–Trinajstić information content (AvgIpc) is 2.91. The zero-order chi connectivity index (χ0) is 14.5. The minimum absolute atomic E-state index is 0.190. The van der Waals surface area contributed by atoms with E-state index in [9.17, 15) is 9.59 Å². The highest BCUT2D eigenvalue weighted by molar-refractivity contribution is 6.39. The normalized spacial score (nSPS) is 12.1. The number of amides is 2. The SMILES string of the molecule is CCC(CO)NC(=O)C(=O)Nc1ccc2[nH]ccc2c1. The van der Waals surface area contributed by atoms with E-state index in [1.54, 1.807) is 18.3 Å². The van der Waals surface area contributed by atoms with Crippen LogP contribution in [0, 0.1) is 0 Å². The van der Waals surface area contributed by atoms with E-state index in [0.717, 1.165) is 10.9 Å². The molecule has 0 aliphatic carbocycles. The number of rotatable bonds is 4. The fourth-order valence-electron chi connectivity index (χ4n) is 1.85. The highest BCUT2D eigenvalue weighted by atomic mass is 16.3. The van der Waals surface area contributed by atoms with Crippen molar-refractivity contribution in [3.8, 4) is 0 Å². The highest BCUT2D eigenvalue weighted by Crippen LogP contribution is 2.17. The maximum atomic E-state index is 11.7. The predicted molar refractivity (Wildman–Crippen MR) is 76.2 cm³/mol. The lowest BCUT2D eigenvalue weighted by molar-refractivity contribution is -0.136. The van der Waals surface area contributed by atoms with Crippen molar-refractivity contribution < 1.29 is 14.7 Å². The molecule has 20 heavy (non-hydrogen) atoms. The Morgan fingerprint density at radius 3 is 2.80 bits per heavy atom. The summed E-state index contributed by atoms with van der Waals surface area (Å²) >= 11 is 0. The van der Waals surface area contributed by atoms with Gasteiger partial charge in [0.1, 0.15) is 0 Å². The van der Waals surface area contributed by atoms with Gasteiger partial charge in [-0.15, -0.1) is 0 Å². The molecule has 1 heterocycles. The molecule has 0 radical (unpaired) electrons. The second-order valence-electron chi connectivity index (χ2n) is 4.50. The number of carbonyl (C=O) groups is 2. The number of aliphatic hydroxyl groups excluding tert-OH is 1. The van der Waals surface area contributed by atoms with Crippen LogP contribution in [0.5, 0.6) is 0 Å². The van der Waals surface area contributed by atoms with Crippen molar-refractivity contribution >= 4 is 28.4 Å². The summed E-state index contributed by atoms with van der Waals surface area (Å²) in [6, 6.07) is 6.80. The Kier molecular flexibility index (Phi) is 4.37. The van der Waals surface area contributed by atoms with E-state index in [-0.39, 0.29) is 6.61 Å². The number of aromatic amines is 1. The molecule has 0 spiro atoms. The van der Waals surface area contributed by atoms with Crippen LogP contribution in [0.3, 0.4) is 0 Å². The molecule has 6 heteroatoms. The number of aromatic nitrogens is 1. The number of aliphatic hydroxyl groups is 1. The lowest BCUT2D eigenvalue weighted by Crippen LogP contribution is -2.43. The third kappa shape index (κ3) is 3.16. The quantitative estimate of drug-likeness (QED) is 0.627. The van der Waals surface area contributed by atoms with Crippen molar-refractivity contribution in [1.82, 2.24) is 10.3 Å². The molecule has 0 fully saturated rings. The van der Waals surface area contributed by atoms with Gasteiger partial charge in [0.15, 0.2) is 0 Å². The molecule has 2 amide bonds. The monoisotopic (exact) mass is 275 g/mol. The van der Waals surface area contributed by atoms with Crippen molar-refractivity contribution in [2.75, 3.05) is 11.9 Å². The summed E-state index contributed by atoms with van der Waals surface area (Å²) in [6.45, 7) is 1.63. The third-order valence-corrected chi connectivity index (χ3v) is 3.07. The number of carbonyl (C=O) groups excluding carboxylic acids is 2. The Morgan fingerprint density at radius 1 is 1.30 bits per heavy atom. The first-order valence-electron chi connectivity index (χ1n) is 6.44. The molecule has 1 unspecified atom stereocenters. The zero-order valence-corrected chi connectivity index (χ0v) is 11.1. The molecule has 6 nitrogen and oxygen atoms in total. The van der Waals surface area contributed by atoms with Crippen LogP contribution in [0.2, 0.25) is 0 Å². The standard InChI is InChI=1S/C14H17N3O3/c1-2-10(8-18)16-13(19)14(20)17-11-3-4-12-9(7-11)5-6-15-12/h3-7,10,15,18H,2,8H2,1H3,(H,16,19)(H,17,20). The molecule has 0 bridgehead atoms. The van der Waals surface area contributed by atoms with Gasteiger partial charge < -0.3 is 20.7 Å². The van der Waals surface area contributed by atoms with Gasteiger partial charge in [0.05, 0.1) is 12.6 Å². The van der Waals surface area contributed by atoms with Crippen LogP contribution in [0.25, 0.3) is 10.9 Å². The Hall–Kier alpha value is -2.34. The molecular formula is C14H17N3O3. The second kappa shape index (κ2) is 6.21. The number of hydrogen-bond donors (Lipinski definition) is 4. The van der Waals surface area contributed by atoms with Crippen molar-refractivity contribution in [2.45, 2.75) is 19.4 Å². The summed E-state index contributed by atoms with van der Waals surface area (Å²) in [6.07, 6.45) is 2.36. The fraction of sp³-hybridized carbons (Fsp3) is 0.286. The summed E-state index contributed by atoms with van der Waals surface area (Å²) in [4.78, 5) is 26.4. The van der Waals surface area contributed by atoms with Crippen molar-refractivity contribution in [2.24, 2.45) is 0 Å². The third-order valence-electron chi connectivity index (χ3n) is 3.07. The van der Waals surface area contributed by atoms with Gasteiger partial charge in [-0.1, -0.05) is 6.92 Å². The van der Waals surface area contributed by atoms with E-state index in [2.05, 4.69) is 15.6 Å². The van der Waals surface area contributed by atoms with Gasteiger partial charge in [-0.05, 0) is 30.7 Å². The Bertz CT molecular complexity index is 617. The van der Waals surface area contributed by atoms with Crippen molar-refractivity contribution in [3.05, 3.63) is 30.5 Å². The van der Waals surface area contributed by atoms with Gasteiger partial charge in [0, 0.05) is 22.8 Å². The minimum atomic E-state index is -0.750. The minimum Gasteiger partial charge on any atom is -0.394 e. The van der Waals surface area contributed by atoms with Gasteiger partial charge in [-0.25, -0.2) is 0 Å². The molecule has 4 N–H and O–H groups in total. The average molecular weight is 275 g/mol. The first kappa shape index (κ1) is 14.1. The first-order chi connectivity index (χ1) is 9.63. The predicted octanol–water partition coefficient (Wildman–Crippen LogP) is 0.993. The Balaban J connectivity index is 2.01. The lowest BCUT2D eigenvalue weighted by atomic mass is 10.2. The number of hydrogen-bond acceptors (Lipinski definition) is 3. The van der Waals surface area contributed by atoms with E-state index in [1.165, 1.54) is 0 Å². The van der Waals surface area contributed by atoms with Crippen LogP contribution >= 0.6 is 0 Å². The van der Waals surface area contributed by atoms with Gasteiger partial charge in [0.2, 0.25) is 0 Å². The van der Waals surface area contributed by atoms with Gasteiger partial charge in [0.25, 0.3) is 0 Å². The molecule has 0 saturated carbocycles. The van der Waals surface area contributed by atoms with Gasteiger partial charge >= 0.3 is 11.8 Å². The molecular weight excluding hydrogens is 258 g/mol. The molecule has 1 aromatic carbocycles. The smallest absolute Gasteiger partial charge is 0.313 e. The lowest BCUT2D eigenvalue weighted by Gasteiger charge is -2.13. The summed E-state index contributed by atoms with van der Waals surface area (Å²) in [5.41, 5.74) is 1.51. The summed E-state index contributed by atoms with van der Waals surface area (Å²) < 4.78 is 0. The van der Waals surface area contributed by atoms with E-state index >= 15 is 0 Å². The van der Waals surface area contributed by atoms with Crippen molar-refractivity contribution in [1.29, 1.82) is 0 Å². The van der Waals surface area contributed by atoms with Crippen LogP contribution in [-0.2, 0) is 9.59 Å². The van der Waals surface area contributed by atoms with E-state index in [0.29, 0.717) is 12.1 Å². The highest BCUT2D eigenvalue weighted by Gasteiger charge is 2.17. The summed E-state index contributed by atoms with van der Waals surface area (Å²) in [5, 5.41) is 14.9. The number of benzene rings is 1. The van der Waals surface area contributed by atoms with Crippen LogP contribution in [0.15, 0.2) is 30.5 Å². The first-order valence-corrected chi connectivity index (χ1v) is 6.44. The summed E-state index contributed by atoms with van der Waals surface area (Å²) in [5.74, 6) is -1.49. The number of anilines is 1. The number of H-pyrrole nitrogens is 1. The van der Waals surface area contributed by atoms with Gasteiger partial charge in [-0.2, -0.15) is 0 Å². The van der Waals surface area contributed by atoms with Crippen molar-refractivity contribution in [3.63, 3.8) is 0 Å². The molecule has 2 rings (SSSR count). The fourth-order valence-corrected chi connectivity index (χ4v) is 1.85. The molecule has 0 aliphatic rings. The van der Waals surface area contributed by atoms with Crippen LogP contribution in [-0.4, -0.2) is 34.6 Å². The number of nitrogens with one attached hydrogen (secondary N) is 3. The largest absolute Gasteiger partial charge is 0.394 e. The zero-order valence-electron chi connectivity index (χ0n) is 11.1. The second-order valence-corrected chi connectivity index (χ2v) is 4.50. The van der Waals surface area contributed by atoms with Crippen LogP contribution < -0.4 is 10.6 Å². The van der Waals surface area contributed by atoms with E-state index in [1.807, 2.05) is 19.1 Å². The Morgan fingerprint density at radius 2 is 2.10 bits per heavy atom. The van der Waals surface area contributed by atoms with E-state index in [4.69, 9.17) is 5.11 Å².